The summed E-state index contributed by atoms with van der Waals surface area (Å²) in [7, 11) is 2.90. The van der Waals surface area contributed by atoms with Crippen LogP contribution in [0, 0.1) is 11.8 Å². The fraction of sp³-hybridized carbons (Fsp3) is 0.440. The second-order valence-electron chi connectivity index (χ2n) is 8.60. The van der Waals surface area contributed by atoms with Crippen molar-refractivity contribution in [3.63, 3.8) is 0 Å². The number of benzene rings is 1. The highest BCUT2D eigenvalue weighted by Crippen LogP contribution is 2.33. The third kappa shape index (κ3) is 5.32. The van der Waals surface area contributed by atoms with Crippen LogP contribution in [0.5, 0.6) is 0 Å². The molecule has 3 heterocycles. The Labute approximate surface area is 209 Å². The molecule has 1 aliphatic heterocycles. The fourth-order valence-electron chi connectivity index (χ4n) is 4.06. The molecule has 0 spiro atoms. The van der Waals surface area contributed by atoms with Gasteiger partial charge in [0.25, 0.3) is 0 Å². The minimum atomic E-state index is -1.33. The Kier molecular flexibility index (Phi) is 8.12. The Morgan fingerprint density at radius 3 is 2.67 bits per heavy atom. The number of nitrogens with one attached hydrogen (secondary N) is 1. The van der Waals surface area contributed by atoms with Crippen molar-refractivity contribution in [3.05, 3.63) is 47.5 Å². The molecule has 0 bridgehead atoms. The van der Waals surface area contributed by atoms with Gasteiger partial charge in [0, 0.05) is 12.6 Å². The van der Waals surface area contributed by atoms with Crippen LogP contribution >= 0.6 is 0 Å². The van der Waals surface area contributed by atoms with Gasteiger partial charge in [-0.2, -0.15) is 4.98 Å². The van der Waals surface area contributed by atoms with Gasteiger partial charge in [0.15, 0.2) is 29.4 Å². The van der Waals surface area contributed by atoms with E-state index in [1.807, 2.05) is 12.1 Å². The zero-order valence-corrected chi connectivity index (χ0v) is 20.5. The van der Waals surface area contributed by atoms with Crippen molar-refractivity contribution in [1.82, 2.24) is 24.4 Å². The standard InChI is InChI=1S/C25H30N6O5/c1-4-5-6-7-16-8-10-17(11-9-16)12-13-18-27-22(29-35-3)19-23(28-18)31(14-26-19)25-21(34)20(33)24(36-25)30(2)15-32/h8-11,14-15,20-21,24-25,33-34H,4-7H2,1-3H3,(H,27,28,29)/t20-,21+,24-,25+/m0/s1. The first-order valence-corrected chi connectivity index (χ1v) is 11.8. The molecule has 1 saturated heterocycles. The molecule has 2 aromatic heterocycles. The van der Waals surface area contributed by atoms with Crippen LogP contribution in [0.25, 0.3) is 11.2 Å². The number of carbonyl (C=O) groups is 1. The van der Waals surface area contributed by atoms with Gasteiger partial charge >= 0.3 is 0 Å². The molecule has 11 heteroatoms. The molecule has 4 rings (SSSR count). The molecule has 0 aliphatic carbocycles. The van der Waals surface area contributed by atoms with E-state index < -0.39 is 24.7 Å². The third-order valence-corrected chi connectivity index (χ3v) is 6.02. The summed E-state index contributed by atoms with van der Waals surface area (Å²) in [6.45, 7) is 2.19. The number of unbranched alkanes of at least 4 members (excludes halogenated alkanes) is 2. The molecule has 36 heavy (non-hydrogen) atoms. The first-order valence-electron chi connectivity index (χ1n) is 11.8. The number of hydrogen-bond donors (Lipinski definition) is 3. The summed E-state index contributed by atoms with van der Waals surface area (Å²) in [6.07, 6.45) is 1.85. The van der Waals surface area contributed by atoms with Gasteiger partial charge in [-0.3, -0.25) is 14.2 Å². The van der Waals surface area contributed by atoms with Crippen LogP contribution in [0.4, 0.5) is 5.82 Å². The lowest BCUT2D eigenvalue weighted by molar-refractivity contribution is -0.138. The first-order chi connectivity index (χ1) is 17.5. The molecule has 0 radical (unpaired) electrons. The van der Waals surface area contributed by atoms with E-state index in [9.17, 15) is 15.0 Å². The molecular weight excluding hydrogens is 464 g/mol. The lowest BCUT2D eigenvalue weighted by Crippen LogP contribution is -2.41. The number of aliphatic hydroxyl groups excluding tert-OH is 2. The van der Waals surface area contributed by atoms with Gasteiger partial charge in [-0.05, 0) is 36.5 Å². The minimum Gasteiger partial charge on any atom is -0.385 e. The molecular formula is C25H30N6O5. The highest BCUT2D eigenvalue weighted by atomic mass is 16.6. The maximum atomic E-state index is 11.2. The summed E-state index contributed by atoms with van der Waals surface area (Å²) in [4.78, 5) is 30.6. The number of rotatable bonds is 9. The van der Waals surface area contributed by atoms with E-state index in [1.54, 1.807) is 0 Å². The van der Waals surface area contributed by atoms with Crippen molar-refractivity contribution >= 4 is 23.4 Å². The van der Waals surface area contributed by atoms with E-state index >= 15 is 0 Å². The number of hydrogen-bond acceptors (Lipinski definition) is 9. The molecule has 3 aromatic rings. The lowest BCUT2D eigenvalue weighted by Gasteiger charge is -2.22. The smallest absolute Gasteiger partial charge is 0.211 e. The van der Waals surface area contributed by atoms with Crippen molar-refractivity contribution in [1.29, 1.82) is 0 Å². The normalized spacial score (nSPS) is 21.2. The van der Waals surface area contributed by atoms with Gasteiger partial charge in [0.2, 0.25) is 12.2 Å². The molecule has 0 unspecified atom stereocenters. The lowest BCUT2D eigenvalue weighted by atomic mass is 10.1. The Morgan fingerprint density at radius 2 is 1.97 bits per heavy atom. The van der Waals surface area contributed by atoms with Crippen LogP contribution in [0.3, 0.4) is 0 Å². The number of amides is 1. The van der Waals surface area contributed by atoms with Gasteiger partial charge in [-0.25, -0.2) is 15.4 Å². The number of aliphatic hydroxyl groups is 2. The fourth-order valence-corrected chi connectivity index (χ4v) is 4.06. The third-order valence-electron chi connectivity index (χ3n) is 6.02. The Hall–Kier alpha value is -3.56. The summed E-state index contributed by atoms with van der Waals surface area (Å²) in [6, 6.07) is 8.10. The van der Waals surface area contributed by atoms with E-state index in [2.05, 4.69) is 51.3 Å². The van der Waals surface area contributed by atoms with Gasteiger partial charge in [-0.1, -0.05) is 37.8 Å². The molecule has 1 fully saturated rings. The average Bonchev–Trinajstić information content (AvgIpc) is 3.44. The SMILES string of the molecule is CCCCCc1ccc(C#Cc2nc(NOC)c3ncn([C@@H]4O[C@H](N(C)C=O)[C@@H](O)[C@H]4O)c3n2)cc1. The number of nitrogens with zero attached hydrogens (tertiary/aromatic N) is 5. The van der Waals surface area contributed by atoms with E-state index in [0.29, 0.717) is 17.6 Å². The summed E-state index contributed by atoms with van der Waals surface area (Å²) >= 11 is 0. The molecule has 1 aliphatic rings. The summed E-state index contributed by atoms with van der Waals surface area (Å²) < 4.78 is 7.25. The van der Waals surface area contributed by atoms with Crippen molar-refractivity contribution < 1.29 is 24.6 Å². The van der Waals surface area contributed by atoms with Crippen LogP contribution < -0.4 is 5.48 Å². The molecule has 1 amide bonds. The number of aromatic nitrogens is 4. The van der Waals surface area contributed by atoms with E-state index in [-0.39, 0.29) is 11.6 Å². The largest absolute Gasteiger partial charge is 0.385 e. The number of fused-ring (bicyclic) bond motifs is 1. The Morgan fingerprint density at radius 1 is 1.19 bits per heavy atom. The molecule has 11 nitrogen and oxygen atoms in total. The second kappa shape index (κ2) is 11.5. The van der Waals surface area contributed by atoms with Gasteiger partial charge in [-0.15, -0.1) is 0 Å². The molecule has 1 aromatic carbocycles. The van der Waals surface area contributed by atoms with E-state index in [1.165, 1.54) is 49.9 Å². The van der Waals surface area contributed by atoms with E-state index in [0.717, 1.165) is 16.9 Å². The van der Waals surface area contributed by atoms with Crippen molar-refractivity contribution in [2.45, 2.75) is 57.3 Å². The number of ether oxygens (including phenoxy) is 1. The zero-order chi connectivity index (χ0) is 25.7. The Balaban J connectivity index is 1.64. The van der Waals surface area contributed by atoms with Crippen LogP contribution in [-0.4, -0.2) is 73.6 Å². The number of aryl methyl sites for hydroxylation is 1. The minimum absolute atomic E-state index is 0.199. The first kappa shape index (κ1) is 25.5. The Bertz CT molecular complexity index is 1250. The maximum absolute atomic E-state index is 11.2. The number of likely N-dealkylation sites (N-methyl/N-ethyl adjacent to an activating group) is 1. The number of anilines is 1. The van der Waals surface area contributed by atoms with Crippen LogP contribution in [0.15, 0.2) is 30.6 Å². The number of imidazole rings is 1. The monoisotopic (exact) mass is 494 g/mol. The van der Waals surface area contributed by atoms with Crippen LogP contribution in [0.2, 0.25) is 0 Å². The maximum Gasteiger partial charge on any atom is 0.211 e. The van der Waals surface area contributed by atoms with Gasteiger partial charge in [0.1, 0.15) is 12.2 Å². The highest BCUT2D eigenvalue weighted by Gasteiger charge is 2.46. The molecule has 190 valence electrons. The topological polar surface area (TPSA) is 135 Å². The van der Waals surface area contributed by atoms with Crippen molar-refractivity contribution in [2.24, 2.45) is 0 Å². The quantitative estimate of drug-likeness (QED) is 0.175. The van der Waals surface area contributed by atoms with Gasteiger partial charge in [0.05, 0.1) is 13.4 Å². The zero-order valence-electron chi connectivity index (χ0n) is 20.5. The second-order valence-corrected chi connectivity index (χ2v) is 8.60. The highest BCUT2D eigenvalue weighted by molar-refractivity contribution is 5.83. The average molecular weight is 495 g/mol. The van der Waals surface area contributed by atoms with Crippen molar-refractivity contribution in [3.8, 4) is 11.8 Å². The number of carbonyl (C=O) groups excluding carboxylic acids is 1. The molecule has 4 atom stereocenters. The van der Waals surface area contributed by atoms with Gasteiger partial charge < -0.3 is 19.8 Å². The summed E-state index contributed by atoms with van der Waals surface area (Å²) in [5, 5.41) is 21.0. The summed E-state index contributed by atoms with van der Waals surface area (Å²) in [5.74, 6) is 6.53. The van der Waals surface area contributed by atoms with Crippen LogP contribution in [0.1, 0.15) is 49.4 Å². The molecule has 0 saturated carbocycles. The molecule has 3 N–H and O–H groups in total. The summed E-state index contributed by atoms with van der Waals surface area (Å²) in [5.41, 5.74) is 5.45. The predicted molar refractivity (Wildman–Crippen MR) is 131 cm³/mol. The van der Waals surface area contributed by atoms with E-state index in [4.69, 9.17) is 9.57 Å². The van der Waals surface area contributed by atoms with Crippen molar-refractivity contribution in [2.75, 3.05) is 19.6 Å². The van der Waals surface area contributed by atoms with Crippen LogP contribution in [-0.2, 0) is 20.8 Å². The predicted octanol–water partition coefficient (Wildman–Crippen LogP) is 1.60.